The second kappa shape index (κ2) is 7.40. The standard InChI is InChI=1S/C18H17N3O2S/c1-23-21-16-7-5-13-9-12(3-6-15(13)16)4-8-17(22)14-10-19-18(24-2)20-11-14/h3-4,6,8-11H,5,7H2,1-2H3. The van der Waals surface area contributed by atoms with Crippen molar-refractivity contribution in [1.82, 2.24) is 9.97 Å². The van der Waals surface area contributed by atoms with Crippen LogP contribution in [0, 0.1) is 0 Å². The molecule has 0 aliphatic heterocycles. The van der Waals surface area contributed by atoms with Gasteiger partial charge in [0.25, 0.3) is 0 Å². The largest absolute Gasteiger partial charge is 0.399 e. The number of carbonyl (C=O) groups is 1. The van der Waals surface area contributed by atoms with Crippen molar-refractivity contribution in [1.29, 1.82) is 0 Å². The fraction of sp³-hybridized carbons (Fsp3) is 0.222. The molecule has 0 unspecified atom stereocenters. The molecule has 1 aliphatic rings. The topological polar surface area (TPSA) is 64.4 Å². The van der Waals surface area contributed by atoms with Gasteiger partial charge in [0.2, 0.25) is 0 Å². The van der Waals surface area contributed by atoms with Crippen LogP contribution in [0.25, 0.3) is 6.08 Å². The van der Waals surface area contributed by atoms with Gasteiger partial charge in [0.1, 0.15) is 7.11 Å². The Hall–Kier alpha value is -2.47. The first kappa shape index (κ1) is 16.4. The summed E-state index contributed by atoms with van der Waals surface area (Å²) in [5, 5.41) is 4.71. The van der Waals surface area contributed by atoms with Crippen molar-refractivity contribution in [3.8, 4) is 0 Å². The number of rotatable bonds is 5. The van der Waals surface area contributed by atoms with E-state index in [0.29, 0.717) is 10.7 Å². The van der Waals surface area contributed by atoms with E-state index in [0.717, 1.165) is 29.7 Å². The molecule has 0 N–H and O–H groups in total. The molecule has 1 aromatic carbocycles. The highest BCUT2D eigenvalue weighted by atomic mass is 32.2. The van der Waals surface area contributed by atoms with Crippen LogP contribution in [0.5, 0.6) is 0 Å². The summed E-state index contributed by atoms with van der Waals surface area (Å²) in [5.74, 6) is -0.107. The van der Waals surface area contributed by atoms with Gasteiger partial charge >= 0.3 is 0 Å². The average Bonchev–Trinajstić information content (AvgIpc) is 3.02. The smallest absolute Gasteiger partial charge is 0.188 e. The maximum Gasteiger partial charge on any atom is 0.188 e. The van der Waals surface area contributed by atoms with Gasteiger partial charge in [-0.1, -0.05) is 41.2 Å². The molecule has 6 heteroatoms. The second-order valence-corrected chi connectivity index (χ2v) is 6.07. The maximum absolute atomic E-state index is 12.2. The zero-order valence-corrected chi connectivity index (χ0v) is 14.3. The number of benzene rings is 1. The molecule has 1 heterocycles. The quantitative estimate of drug-likeness (QED) is 0.275. The Bertz CT molecular complexity index is 814. The molecule has 24 heavy (non-hydrogen) atoms. The molecule has 0 atom stereocenters. The Labute approximate surface area is 144 Å². The first-order valence-electron chi connectivity index (χ1n) is 7.53. The minimum Gasteiger partial charge on any atom is -0.399 e. The third kappa shape index (κ3) is 3.54. The minimum absolute atomic E-state index is 0.107. The maximum atomic E-state index is 12.2. The molecule has 0 bridgehead atoms. The number of oxime groups is 1. The molecule has 1 aromatic heterocycles. The fourth-order valence-corrected chi connectivity index (χ4v) is 2.93. The van der Waals surface area contributed by atoms with Crippen molar-refractivity contribution in [2.24, 2.45) is 5.16 Å². The number of allylic oxidation sites excluding steroid dienone is 1. The van der Waals surface area contributed by atoms with Crippen LogP contribution in [-0.4, -0.2) is 34.8 Å². The molecule has 0 fully saturated rings. The van der Waals surface area contributed by atoms with E-state index in [2.05, 4.69) is 21.2 Å². The molecule has 0 saturated heterocycles. The molecule has 0 spiro atoms. The summed E-state index contributed by atoms with van der Waals surface area (Å²) in [5.41, 5.74) is 4.81. The molecule has 0 saturated carbocycles. The first-order chi connectivity index (χ1) is 11.7. The summed E-state index contributed by atoms with van der Waals surface area (Å²) in [7, 11) is 1.56. The van der Waals surface area contributed by atoms with Crippen molar-refractivity contribution in [3.05, 3.63) is 58.9 Å². The Balaban J connectivity index is 1.75. The monoisotopic (exact) mass is 339 g/mol. The van der Waals surface area contributed by atoms with Gasteiger partial charge in [-0.2, -0.15) is 0 Å². The van der Waals surface area contributed by atoms with Gasteiger partial charge in [-0.3, -0.25) is 4.79 Å². The number of aromatic nitrogens is 2. The Morgan fingerprint density at radius 1 is 1.29 bits per heavy atom. The van der Waals surface area contributed by atoms with E-state index in [-0.39, 0.29) is 5.78 Å². The number of hydrogen-bond donors (Lipinski definition) is 0. The molecular formula is C18H17N3O2S. The Morgan fingerprint density at radius 2 is 2.08 bits per heavy atom. The van der Waals surface area contributed by atoms with Gasteiger partial charge in [-0.25, -0.2) is 9.97 Å². The minimum atomic E-state index is -0.107. The van der Waals surface area contributed by atoms with E-state index in [4.69, 9.17) is 4.84 Å². The zero-order valence-electron chi connectivity index (χ0n) is 13.5. The van der Waals surface area contributed by atoms with E-state index in [1.54, 1.807) is 25.6 Å². The molecular weight excluding hydrogens is 322 g/mol. The summed E-state index contributed by atoms with van der Waals surface area (Å²) in [6.45, 7) is 0. The van der Waals surface area contributed by atoms with Crippen LogP contribution < -0.4 is 0 Å². The van der Waals surface area contributed by atoms with Crippen molar-refractivity contribution in [3.63, 3.8) is 0 Å². The number of thioether (sulfide) groups is 1. The van der Waals surface area contributed by atoms with Gasteiger partial charge in [0.05, 0.1) is 11.3 Å². The molecule has 0 amide bonds. The van der Waals surface area contributed by atoms with Crippen LogP contribution in [-0.2, 0) is 11.3 Å². The molecule has 122 valence electrons. The molecule has 1 aliphatic carbocycles. The van der Waals surface area contributed by atoms with E-state index in [1.165, 1.54) is 17.3 Å². The zero-order chi connectivity index (χ0) is 16.9. The fourth-order valence-electron chi connectivity index (χ4n) is 2.62. The number of ketones is 1. The normalized spacial score (nSPS) is 15.0. The van der Waals surface area contributed by atoms with E-state index in [1.807, 2.05) is 24.5 Å². The number of hydrogen-bond acceptors (Lipinski definition) is 6. The van der Waals surface area contributed by atoms with E-state index >= 15 is 0 Å². The van der Waals surface area contributed by atoms with Gasteiger partial charge in [0, 0.05) is 18.0 Å². The molecule has 5 nitrogen and oxygen atoms in total. The summed E-state index contributed by atoms with van der Waals surface area (Å²) < 4.78 is 0. The molecule has 3 rings (SSSR count). The van der Waals surface area contributed by atoms with Crippen LogP contribution in [0.15, 0.2) is 47.0 Å². The van der Waals surface area contributed by atoms with Crippen molar-refractivity contribution < 1.29 is 9.63 Å². The molecule has 0 radical (unpaired) electrons. The van der Waals surface area contributed by atoms with Gasteiger partial charge in [-0.05, 0) is 36.3 Å². The second-order valence-electron chi connectivity index (χ2n) is 5.29. The lowest BCUT2D eigenvalue weighted by Crippen LogP contribution is -1.98. The predicted molar refractivity (Wildman–Crippen MR) is 95.5 cm³/mol. The SMILES string of the molecule is CON=C1CCc2cc(C=CC(=O)c3cnc(SC)nc3)ccc21. The van der Waals surface area contributed by atoms with Crippen LogP contribution in [0.4, 0.5) is 0 Å². The van der Waals surface area contributed by atoms with Gasteiger partial charge in [0.15, 0.2) is 10.9 Å². The summed E-state index contributed by atoms with van der Waals surface area (Å²) in [6, 6.07) is 6.10. The average molecular weight is 339 g/mol. The van der Waals surface area contributed by atoms with Crippen LogP contribution in [0.2, 0.25) is 0 Å². The highest BCUT2D eigenvalue weighted by Crippen LogP contribution is 2.24. The Kier molecular flexibility index (Phi) is 5.05. The Morgan fingerprint density at radius 3 is 2.79 bits per heavy atom. The highest BCUT2D eigenvalue weighted by molar-refractivity contribution is 7.98. The number of aryl methyl sites for hydroxylation is 1. The molecule has 2 aromatic rings. The lowest BCUT2D eigenvalue weighted by Gasteiger charge is -2.01. The number of fused-ring (bicyclic) bond motifs is 1. The third-order valence-electron chi connectivity index (χ3n) is 3.80. The highest BCUT2D eigenvalue weighted by Gasteiger charge is 2.18. The van der Waals surface area contributed by atoms with Crippen molar-refractivity contribution in [2.75, 3.05) is 13.4 Å². The predicted octanol–water partition coefficient (Wildman–Crippen LogP) is 3.39. The van der Waals surface area contributed by atoms with Crippen LogP contribution >= 0.6 is 11.8 Å². The number of nitrogens with zero attached hydrogens (tertiary/aromatic N) is 3. The first-order valence-corrected chi connectivity index (χ1v) is 8.75. The summed E-state index contributed by atoms with van der Waals surface area (Å²) in [6.07, 6.45) is 10.2. The van der Waals surface area contributed by atoms with E-state index < -0.39 is 0 Å². The lowest BCUT2D eigenvalue weighted by molar-refractivity contribution is 0.104. The van der Waals surface area contributed by atoms with Crippen molar-refractivity contribution in [2.45, 2.75) is 18.0 Å². The van der Waals surface area contributed by atoms with Crippen LogP contribution in [0.3, 0.4) is 0 Å². The summed E-state index contributed by atoms with van der Waals surface area (Å²) in [4.78, 5) is 25.3. The van der Waals surface area contributed by atoms with Crippen LogP contribution in [0.1, 0.15) is 33.5 Å². The lowest BCUT2D eigenvalue weighted by atomic mass is 10.0. The summed E-state index contributed by atoms with van der Waals surface area (Å²) >= 11 is 1.44. The van der Waals surface area contributed by atoms with Gasteiger partial charge < -0.3 is 4.84 Å². The van der Waals surface area contributed by atoms with Crippen molar-refractivity contribution >= 4 is 29.3 Å². The third-order valence-corrected chi connectivity index (χ3v) is 4.37. The number of carbonyl (C=O) groups excluding carboxylic acids is 1. The van der Waals surface area contributed by atoms with Gasteiger partial charge in [-0.15, -0.1) is 0 Å². The van der Waals surface area contributed by atoms with E-state index in [9.17, 15) is 4.79 Å².